The molecule has 1 aromatic rings. The van der Waals surface area contributed by atoms with E-state index in [-0.39, 0.29) is 22.5 Å². The third-order valence-electron chi connectivity index (χ3n) is 4.95. The predicted molar refractivity (Wildman–Crippen MR) is 108 cm³/mol. The van der Waals surface area contributed by atoms with Crippen molar-refractivity contribution in [1.82, 2.24) is 0 Å². The first-order valence-electron chi connectivity index (χ1n) is 9.70. The number of ether oxygens (including phenoxy) is 1. The number of carbonyl (C=O) groups excluding carboxylic acids is 1. The Morgan fingerprint density at radius 1 is 1.04 bits per heavy atom. The lowest BCUT2D eigenvalue weighted by atomic mass is 9.76. The largest absolute Gasteiger partial charge is 0.507 e. The molecular formula is C23H34O3. The normalized spacial score (nSPS) is 15.7. The second-order valence-electron chi connectivity index (χ2n) is 9.52. The first-order chi connectivity index (χ1) is 11.9. The number of esters is 1. The fourth-order valence-electron chi connectivity index (χ4n) is 3.72. The van der Waals surface area contributed by atoms with E-state index < -0.39 is 0 Å². The molecule has 144 valence electrons. The number of phenols is 1. The Balaban J connectivity index is 2.80. The summed E-state index contributed by atoms with van der Waals surface area (Å²) in [5, 5.41) is 10.9. The van der Waals surface area contributed by atoms with Gasteiger partial charge < -0.3 is 9.84 Å². The van der Waals surface area contributed by atoms with Crippen LogP contribution in [0.4, 0.5) is 0 Å². The molecule has 3 heteroatoms. The lowest BCUT2D eigenvalue weighted by molar-refractivity contribution is -0.132. The van der Waals surface area contributed by atoms with Crippen LogP contribution in [0.5, 0.6) is 11.5 Å². The predicted octanol–water partition coefficient (Wildman–Crippen LogP) is 6.26. The maximum Gasteiger partial charge on any atom is 0.308 e. The molecule has 0 amide bonds. The average molecular weight is 359 g/mol. The van der Waals surface area contributed by atoms with Crippen LogP contribution in [0.1, 0.15) is 97.3 Å². The van der Waals surface area contributed by atoms with Crippen LogP contribution in [0.2, 0.25) is 0 Å². The standard InChI is InChI=1S/C23H34O3/c1-15(24)26-21-18(22(2,3)4)14-19(25)17(20(21)23(5,6)7)13-16-11-9-8-10-12-16/h13-14,25H,8-12H2,1-7H3. The van der Waals surface area contributed by atoms with E-state index in [1.54, 1.807) is 6.07 Å². The molecule has 0 saturated heterocycles. The summed E-state index contributed by atoms with van der Waals surface area (Å²) in [7, 11) is 0. The Morgan fingerprint density at radius 3 is 2.08 bits per heavy atom. The van der Waals surface area contributed by atoms with E-state index in [4.69, 9.17) is 4.74 Å². The number of aromatic hydroxyl groups is 1. The van der Waals surface area contributed by atoms with Gasteiger partial charge in [-0.25, -0.2) is 0 Å². The smallest absolute Gasteiger partial charge is 0.308 e. The van der Waals surface area contributed by atoms with Crippen molar-refractivity contribution in [2.75, 3.05) is 0 Å². The molecule has 1 aliphatic rings. The molecule has 2 rings (SSSR count). The molecular weight excluding hydrogens is 324 g/mol. The van der Waals surface area contributed by atoms with Crippen molar-refractivity contribution in [3.8, 4) is 11.5 Å². The highest BCUT2D eigenvalue weighted by atomic mass is 16.5. The SMILES string of the molecule is CC(=O)Oc1c(C(C)(C)C)cc(O)c(C=C2CCCCC2)c1C(C)(C)C. The van der Waals surface area contributed by atoms with Gasteiger partial charge in [0.1, 0.15) is 11.5 Å². The zero-order valence-electron chi connectivity index (χ0n) is 17.5. The lowest BCUT2D eigenvalue weighted by Gasteiger charge is -2.31. The number of benzene rings is 1. The highest BCUT2D eigenvalue weighted by Gasteiger charge is 2.32. The zero-order valence-corrected chi connectivity index (χ0v) is 17.5. The molecule has 26 heavy (non-hydrogen) atoms. The molecule has 0 radical (unpaired) electrons. The highest BCUT2D eigenvalue weighted by molar-refractivity contribution is 5.76. The Bertz CT molecular complexity index is 704. The minimum atomic E-state index is -0.331. The van der Waals surface area contributed by atoms with Gasteiger partial charge in [-0.2, -0.15) is 0 Å². The van der Waals surface area contributed by atoms with E-state index in [9.17, 15) is 9.90 Å². The molecule has 0 atom stereocenters. The lowest BCUT2D eigenvalue weighted by Crippen LogP contribution is -2.22. The number of rotatable bonds is 2. The minimum Gasteiger partial charge on any atom is -0.507 e. The molecule has 0 spiro atoms. The van der Waals surface area contributed by atoms with Crippen molar-refractivity contribution in [1.29, 1.82) is 0 Å². The maximum absolute atomic E-state index is 11.9. The number of carbonyl (C=O) groups is 1. The van der Waals surface area contributed by atoms with Crippen LogP contribution in [-0.2, 0) is 15.6 Å². The minimum absolute atomic E-state index is 0.251. The zero-order chi connectivity index (χ0) is 19.7. The number of allylic oxidation sites excluding steroid dienone is 1. The fraction of sp³-hybridized carbons (Fsp3) is 0.609. The van der Waals surface area contributed by atoms with Crippen LogP contribution < -0.4 is 4.74 Å². The van der Waals surface area contributed by atoms with Gasteiger partial charge in [-0.3, -0.25) is 4.79 Å². The van der Waals surface area contributed by atoms with Gasteiger partial charge in [0.2, 0.25) is 0 Å². The van der Waals surface area contributed by atoms with E-state index in [1.807, 2.05) is 0 Å². The summed E-state index contributed by atoms with van der Waals surface area (Å²) in [6.07, 6.45) is 7.97. The van der Waals surface area contributed by atoms with E-state index in [1.165, 1.54) is 31.8 Å². The van der Waals surface area contributed by atoms with Crippen LogP contribution in [0, 0.1) is 0 Å². The van der Waals surface area contributed by atoms with Crippen molar-refractivity contribution in [3.63, 3.8) is 0 Å². The number of phenolic OH excluding ortho intramolecular Hbond substituents is 1. The third-order valence-corrected chi connectivity index (χ3v) is 4.95. The first kappa shape index (κ1) is 20.5. The third kappa shape index (κ3) is 4.69. The second kappa shape index (κ2) is 7.46. The summed E-state index contributed by atoms with van der Waals surface area (Å²) < 4.78 is 5.74. The van der Waals surface area contributed by atoms with Gasteiger partial charge in [-0.1, -0.05) is 59.6 Å². The summed E-state index contributed by atoms with van der Waals surface area (Å²) >= 11 is 0. The van der Waals surface area contributed by atoms with Gasteiger partial charge in [-0.15, -0.1) is 0 Å². The van der Waals surface area contributed by atoms with Crippen molar-refractivity contribution >= 4 is 12.0 Å². The molecule has 0 aromatic heterocycles. The Morgan fingerprint density at radius 2 is 1.62 bits per heavy atom. The number of hydrogen-bond acceptors (Lipinski definition) is 3. The van der Waals surface area contributed by atoms with Crippen molar-refractivity contribution in [2.24, 2.45) is 0 Å². The molecule has 1 aliphatic carbocycles. The van der Waals surface area contributed by atoms with Gasteiger partial charge in [0.05, 0.1) is 0 Å². The van der Waals surface area contributed by atoms with Crippen molar-refractivity contribution in [3.05, 3.63) is 28.3 Å². The summed E-state index contributed by atoms with van der Waals surface area (Å²) in [4.78, 5) is 11.9. The van der Waals surface area contributed by atoms with Gasteiger partial charge in [0.25, 0.3) is 0 Å². The van der Waals surface area contributed by atoms with Crippen LogP contribution in [0.15, 0.2) is 11.6 Å². The topological polar surface area (TPSA) is 46.5 Å². The van der Waals surface area contributed by atoms with E-state index in [2.05, 4.69) is 47.6 Å². The van der Waals surface area contributed by atoms with Crippen molar-refractivity contribution in [2.45, 2.75) is 91.4 Å². The van der Waals surface area contributed by atoms with Crippen LogP contribution >= 0.6 is 0 Å². The molecule has 0 unspecified atom stereocenters. The molecule has 0 bridgehead atoms. The van der Waals surface area contributed by atoms with Crippen molar-refractivity contribution < 1.29 is 14.6 Å². The Hall–Kier alpha value is -1.77. The van der Waals surface area contributed by atoms with E-state index >= 15 is 0 Å². The molecule has 1 aromatic carbocycles. The summed E-state index contributed by atoms with van der Waals surface area (Å²) in [6, 6.07) is 1.78. The molecule has 0 aliphatic heterocycles. The van der Waals surface area contributed by atoms with Gasteiger partial charge in [0.15, 0.2) is 0 Å². The summed E-state index contributed by atoms with van der Waals surface area (Å²) in [5.41, 5.74) is 3.42. The Kier molecular flexibility index (Phi) is 5.89. The Labute approximate surface area is 158 Å². The quantitative estimate of drug-likeness (QED) is 0.501. The maximum atomic E-state index is 11.9. The summed E-state index contributed by atoms with van der Waals surface area (Å²) in [6.45, 7) is 13.9. The second-order valence-corrected chi connectivity index (χ2v) is 9.52. The fourth-order valence-corrected chi connectivity index (χ4v) is 3.72. The van der Waals surface area contributed by atoms with Crippen LogP contribution in [0.3, 0.4) is 0 Å². The monoisotopic (exact) mass is 358 g/mol. The van der Waals surface area contributed by atoms with Gasteiger partial charge in [0, 0.05) is 23.6 Å². The van der Waals surface area contributed by atoms with Crippen LogP contribution in [0.25, 0.3) is 6.08 Å². The van der Waals surface area contributed by atoms with Gasteiger partial charge in [-0.05, 0) is 42.6 Å². The molecule has 1 N–H and O–H groups in total. The number of hydrogen-bond donors (Lipinski definition) is 1. The van der Waals surface area contributed by atoms with Gasteiger partial charge >= 0.3 is 5.97 Å². The molecule has 1 saturated carbocycles. The first-order valence-corrected chi connectivity index (χ1v) is 9.70. The molecule has 0 heterocycles. The highest BCUT2D eigenvalue weighted by Crippen LogP contribution is 2.46. The average Bonchev–Trinajstić information content (AvgIpc) is 2.48. The van der Waals surface area contributed by atoms with E-state index in [0.717, 1.165) is 29.5 Å². The molecule has 1 fully saturated rings. The van der Waals surface area contributed by atoms with Crippen LogP contribution in [-0.4, -0.2) is 11.1 Å². The molecule has 3 nitrogen and oxygen atoms in total. The van der Waals surface area contributed by atoms with E-state index in [0.29, 0.717) is 5.75 Å². The summed E-state index contributed by atoms with van der Waals surface area (Å²) in [5.74, 6) is 0.551.